The SMILES string of the molecule is Cc1cc(Cl)ccc1C(N)c1cccc(F)c1F. The van der Waals surface area contributed by atoms with Crippen molar-refractivity contribution in [2.75, 3.05) is 0 Å². The minimum atomic E-state index is -0.903. The summed E-state index contributed by atoms with van der Waals surface area (Å²) in [5.74, 6) is -1.80. The Morgan fingerprint density at radius 3 is 2.50 bits per heavy atom. The van der Waals surface area contributed by atoms with Crippen molar-refractivity contribution >= 4 is 11.6 Å². The van der Waals surface area contributed by atoms with Gasteiger partial charge in [-0.15, -0.1) is 0 Å². The number of hydrogen-bond donors (Lipinski definition) is 1. The Kier molecular flexibility index (Phi) is 3.64. The van der Waals surface area contributed by atoms with E-state index in [1.54, 1.807) is 18.2 Å². The highest BCUT2D eigenvalue weighted by atomic mass is 35.5. The molecule has 0 spiro atoms. The van der Waals surface area contributed by atoms with Gasteiger partial charge in [0, 0.05) is 10.6 Å². The monoisotopic (exact) mass is 267 g/mol. The number of rotatable bonds is 2. The van der Waals surface area contributed by atoms with E-state index < -0.39 is 17.7 Å². The third-order valence-electron chi connectivity index (χ3n) is 2.88. The zero-order valence-corrected chi connectivity index (χ0v) is 10.5. The van der Waals surface area contributed by atoms with Gasteiger partial charge in [-0.25, -0.2) is 8.78 Å². The lowest BCUT2D eigenvalue weighted by Crippen LogP contribution is -2.15. The first-order valence-electron chi connectivity index (χ1n) is 5.46. The van der Waals surface area contributed by atoms with Gasteiger partial charge in [-0.3, -0.25) is 0 Å². The van der Waals surface area contributed by atoms with Crippen LogP contribution >= 0.6 is 11.6 Å². The molecular weight excluding hydrogens is 256 g/mol. The van der Waals surface area contributed by atoms with Crippen LogP contribution in [0.2, 0.25) is 5.02 Å². The van der Waals surface area contributed by atoms with E-state index in [9.17, 15) is 8.78 Å². The van der Waals surface area contributed by atoms with Crippen molar-refractivity contribution in [3.8, 4) is 0 Å². The summed E-state index contributed by atoms with van der Waals surface area (Å²) in [6.45, 7) is 1.83. The molecule has 0 aromatic heterocycles. The van der Waals surface area contributed by atoms with Crippen molar-refractivity contribution in [3.63, 3.8) is 0 Å². The fourth-order valence-corrected chi connectivity index (χ4v) is 2.14. The van der Waals surface area contributed by atoms with Gasteiger partial charge >= 0.3 is 0 Å². The molecule has 0 heterocycles. The standard InChI is InChI=1S/C14H12ClF2N/c1-8-7-9(15)5-6-10(8)14(18)11-3-2-4-12(16)13(11)17/h2-7,14H,18H2,1H3. The molecule has 1 nitrogen and oxygen atoms in total. The maximum absolute atomic E-state index is 13.7. The van der Waals surface area contributed by atoms with Gasteiger partial charge in [-0.2, -0.15) is 0 Å². The molecule has 2 N–H and O–H groups in total. The van der Waals surface area contributed by atoms with Crippen LogP contribution in [0.15, 0.2) is 36.4 Å². The van der Waals surface area contributed by atoms with Gasteiger partial charge in [-0.1, -0.05) is 29.8 Å². The van der Waals surface area contributed by atoms with Crippen molar-refractivity contribution in [2.45, 2.75) is 13.0 Å². The van der Waals surface area contributed by atoms with Crippen LogP contribution in [0.5, 0.6) is 0 Å². The summed E-state index contributed by atoms with van der Waals surface area (Å²) in [7, 11) is 0. The molecule has 4 heteroatoms. The zero-order chi connectivity index (χ0) is 13.3. The summed E-state index contributed by atoms with van der Waals surface area (Å²) in [6.07, 6.45) is 0. The average molecular weight is 268 g/mol. The summed E-state index contributed by atoms with van der Waals surface area (Å²) < 4.78 is 26.8. The summed E-state index contributed by atoms with van der Waals surface area (Å²) in [4.78, 5) is 0. The molecule has 2 aromatic rings. The molecule has 2 rings (SSSR count). The largest absolute Gasteiger partial charge is 0.320 e. The van der Waals surface area contributed by atoms with Crippen molar-refractivity contribution in [1.82, 2.24) is 0 Å². The molecule has 0 saturated heterocycles. The molecule has 94 valence electrons. The summed E-state index contributed by atoms with van der Waals surface area (Å²) in [5, 5.41) is 0.586. The highest BCUT2D eigenvalue weighted by Gasteiger charge is 2.17. The summed E-state index contributed by atoms with van der Waals surface area (Å²) >= 11 is 5.85. The highest BCUT2D eigenvalue weighted by Crippen LogP contribution is 2.27. The van der Waals surface area contributed by atoms with Gasteiger partial charge in [-0.05, 0) is 36.2 Å². The first-order valence-corrected chi connectivity index (χ1v) is 5.84. The molecule has 0 aliphatic heterocycles. The number of hydrogen-bond acceptors (Lipinski definition) is 1. The van der Waals surface area contributed by atoms with E-state index in [-0.39, 0.29) is 5.56 Å². The first-order chi connectivity index (χ1) is 8.50. The fourth-order valence-electron chi connectivity index (χ4n) is 1.92. The predicted molar refractivity (Wildman–Crippen MR) is 68.6 cm³/mol. The number of halogens is 3. The van der Waals surface area contributed by atoms with E-state index >= 15 is 0 Å². The Morgan fingerprint density at radius 1 is 1.11 bits per heavy atom. The minimum absolute atomic E-state index is 0.139. The van der Waals surface area contributed by atoms with Crippen LogP contribution in [-0.4, -0.2) is 0 Å². The Labute approximate surface area is 109 Å². The van der Waals surface area contributed by atoms with Crippen LogP contribution in [0, 0.1) is 18.6 Å². The van der Waals surface area contributed by atoms with Crippen molar-refractivity contribution in [1.29, 1.82) is 0 Å². The second-order valence-electron chi connectivity index (χ2n) is 4.12. The van der Waals surface area contributed by atoms with Gasteiger partial charge in [0.05, 0.1) is 6.04 Å². The lowest BCUT2D eigenvalue weighted by molar-refractivity contribution is 0.494. The number of nitrogens with two attached hydrogens (primary N) is 1. The van der Waals surface area contributed by atoms with Crippen molar-refractivity contribution in [3.05, 3.63) is 69.7 Å². The summed E-state index contributed by atoms with van der Waals surface area (Å²) in [6, 6.07) is 8.44. The Hall–Kier alpha value is -1.45. The smallest absolute Gasteiger partial charge is 0.163 e. The van der Waals surface area contributed by atoms with Crippen molar-refractivity contribution < 1.29 is 8.78 Å². The van der Waals surface area contributed by atoms with Gasteiger partial charge in [0.2, 0.25) is 0 Å². The van der Waals surface area contributed by atoms with E-state index in [0.29, 0.717) is 5.02 Å². The number of aryl methyl sites for hydroxylation is 1. The van der Waals surface area contributed by atoms with Crippen LogP contribution in [-0.2, 0) is 0 Å². The molecule has 0 saturated carbocycles. The molecule has 1 unspecified atom stereocenters. The Morgan fingerprint density at radius 2 is 1.83 bits per heavy atom. The third kappa shape index (κ3) is 2.37. The van der Waals surface area contributed by atoms with E-state index in [2.05, 4.69) is 0 Å². The van der Waals surface area contributed by atoms with Crippen LogP contribution in [0.25, 0.3) is 0 Å². The molecule has 0 radical (unpaired) electrons. The van der Waals surface area contributed by atoms with Crippen LogP contribution in [0.4, 0.5) is 8.78 Å². The molecule has 1 atom stereocenters. The Balaban J connectivity index is 2.48. The molecule has 0 aliphatic carbocycles. The van der Waals surface area contributed by atoms with Crippen LogP contribution in [0.1, 0.15) is 22.7 Å². The second-order valence-corrected chi connectivity index (χ2v) is 4.56. The minimum Gasteiger partial charge on any atom is -0.320 e. The van der Waals surface area contributed by atoms with Crippen molar-refractivity contribution in [2.24, 2.45) is 5.73 Å². The molecule has 0 fully saturated rings. The van der Waals surface area contributed by atoms with Crippen LogP contribution in [0.3, 0.4) is 0 Å². The molecule has 0 bridgehead atoms. The molecular formula is C14H12ClF2N. The van der Waals surface area contributed by atoms with E-state index in [4.69, 9.17) is 17.3 Å². The third-order valence-corrected chi connectivity index (χ3v) is 3.12. The zero-order valence-electron chi connectivity index (χ0n) is 9.75. The summed E-state index contributed by atoms with van der Waals surface area (Å²) in [5.41, 5.74) is 7.70. The van der Waals surface area contributed by atoms with Gasteiger partial charge in [0.15, 0.2) is 11.6 Å². The van der Waals surface area contributed by atoms with Gasteiger partial charge in [0.25, 0.3) is 0 Å². The van der Waals surface area contributed by atoms with Crippen LogP contribution < -0.4 is 5.73 Å². The predicted octanol–water partition coefficient (Wildman–Crippen LogP) is 3.97. The quantitative estimate of drug-likeness (QED) is 0.875. The topological polar surface area (TPSA) is 26.0 Å². The van der Waals surface area contributed by atoms with E-state index in [1.807, 2.05) is 6.92 Å². The van der Waals surface area contributed by atoms with E-state index in [1.165, 1.54) is 12.1 Å². The average Bonchev–Trinajstić information content (AvgIpc) is 2.32. The fraction of sp³-hybridized carbons (Fsp3) is 0.143. The maximum Gasteiger partial charge on any atom is 0.163 e. The molecule has 0 amide bonds. The Bertz CT molecular complexity index is 584. The number of benzene rings is 2. The first kappa shape index (κ1) is 13.0. The van der Waals surface area contributed by atoms with Gasteiger partial charge < -0.3 is 5.73 Å². The molecule has 2 aromatic carbocycles. The maximum atomic E-state index is 13.7. The van der Waals surface area contributed by atoms with E-state index in [0.717, 1.165) is 17.2 Å². The highest BCUT2D eigenvalue weighted by molar-refractivity contribution is 6.30. The second kappa shape index (κ2) is 5.04. The normalized spacial score (nSPS) is 12.5. The molecule has 0 aliphatic rings. The lowest BCUT2D eigenvalue weighted by Gasteiger charge is -2.16. The molecule has 18 heavy (non-hydrogen) atoms. The lowest BCUT2D eigenvalue weighted by atomic mass is 9.95. The van der Waals surface area contributed by atoms with Gasteiger partial charge in [0.1, 0.15) is 0 Å².